The maximum Gasteiger partial charge on any atom is 0.165 e. The lowest BCUT2D eigenvalue weighted by molar-refractivity contribution is 1.23. The van der Waals surface area contributed by atoms with E-state index >= 15 is 0 Å². The second kappa shape index (κ2) is 4.93. The molecule has 1 aliphatic rings. The number of nitrogens with zero attached hydrogens (tertiary/aromatic N) is 4. The van der Waals surface area contributed by atoms with Crippen molar-refractivity contribution in [3.63, 3.8) is 0 Å². The van der Waals surface area contributed by atoms with Gasteiger partial charge in [0.15, 0.2) is 5.65 Å². The summed E-state index contributed by atoms with van der Waals surface area (Å²) in [4.78, 5) is 14.4. The first kappa shape index (κ1) is 14.3. The molecule has 2 aromatic carbocycles. The van der Waals surface area contributed by atoms with Gasteiger partial charge in [-0.1, -0.05) is 30.3 Å². The average molecular weight is 358 g/mol. The van der Waals surface area contributed by atoms with E-state index in [2.05, 4.69) is 51.8 Å². The fourth-order valence-electron chi connectivity index (χ4n) is 4.76. The highest BCUT2D eigenvalue weighted by atomic mass is 15.1. The molecule has 0 bridgehead atoms. The second-order valence-corrected chi connectivity index (χ2v) is 7.34. The molecule has 0 radical (unpaired) electrons. The maximum absolute atomic E-state index is 4.94. The Balaban J connectivity index is 1.77. The molecule has 4 aromatic heterocycles. The van der Waals surface area contributed by atoms with Gasteiger partial charge in [-0.3, -0.25) is 9.38 Å². The first-order chi connectivity index (χ1) is 13.9. The Bertz CT molecular complexity index is 1590. The Morgan fingerprint density at radius 3 is 2.64 bits per heavy atom. The largest absolute Gasteiger partial charge is 0.274 e. The van der Waals surface area contributed by atoms with Crippen LogP contribution < -0.4 is 0 Å². The number of rotatable bonds is 0. The molecule has 28 heavy (non-hydrogen) atoms. The highest BCUT2D eigenvalue weighted by Gasteiger charge is 2.24. The van der Waals surface area contributed by atoms with E-state index in [-0.39, 0.29) is 0 Å². The molecule has 6 aromatic rings. The zero-order valence-corrected chi connectivity index (χ0v) is 14.9. The Morgan fingerprint density at radius 2 is 1.64 bits per heavy atom. The minimum atomic E-state index is 0.876. The second-order valence-electron chi connectivity index (χ2n) is 7.34. The normalized spacial score (nSPS) is 12.9. The summed E-state index contributed by atoms with van der Waals surface area (Å²) < 4.78 is 2.15. The molecule has 0 saturated heterocycles. The van der Waals surface area contributed by atoms with Crippen LogP contribution in [0.15, 0.2) is 73.1 Å². The Hall–Kier alpha value is -3.79. The zero-order chi connectivity index (χ0) is 18.2. The van der Waals surface area contributed by atoms with E-state index in [0.717, 1.165) is 39.7 Å². The molecule has 4 heteroatoms. The lowest BCUT2D eigenvalue weighted by Gasteiger charge is -2.11. The van der Waals surface area contributed by atoms with Crippen molar-refractivity contribution in [1.82, 2.24) is 19.4 Å². The molecule has 0 amide bonds. The molecular formula is C24H14N4. The monoisotopic (exact) mass is 358 g/mol. The zero-order valence-electron chi connectivity index (χ0n) is 14.9. The molecule has 0 spiro atoms. The van der Waals surface area contributed by atoms with Gasteiger partial charge in [0.25, 0.3) is 0 Å². The number of aromatic nitrogens is 4. The molecule has 0 atom stereocenters. The van der Waals surface area contributed by atoms with E-state index in [1.807, 2.05) is 30.6 Å². The molecule has 0 unspecified atom stereocenters. The van der Waals surface area contributed by atoms with E-state index in [4.69, 9.17) is 9.97 Å². The summed E-state index contributed by atoms with van der Waals surface area (Å²) in [5, 5.41) is 2.35. The Kier molecular flexibility index (Phi) is 2.51. The fraction of sp³-hybridized carbons (Fsp3) is 0.0417. The van der Waals surface area contributed by atoms with E-state index in [9.17, 15) is 0 Å². The first-order valence-corrected chi connectivity index (χ1v) is 9.44. The van der Waals surface area contributed by atoms with Crippen LogP contribution in [0.1, 0.15) is 11.1 Å². The van der Waals surface area contributed by atoms with Crippen LogP contribution in [0.4, 0.5) is 0 Å². The van der Waals surface area contributed by atoms with Crippen molar-refractivity contribution in [2.45, 2.75) is 6.42 Å². The summed E-state index contributed by atoms with van der Waals surface area (Å²) in [7, 11) is 0. The van der Waals surface area contributed by atoms with Crippen LogP contribution in [0.2, 0.25) is 0 Å². The van der Waals surface area contributed by atoms with Crippen LogP contribution >= 0.6 is 0 Å². The van der Waals surface area contributed by atoms with Crippen molar-refractivity contribution in [3.8, 4) is 11.1 Å². The van der Waals surface area contributed by atoms with Crippen molar-refractivity contribution in [2.24, 2.45) is 0 Å². The molecule has 4 nitrogen and oxygen atoms in total. The van der Waals surface area contributed by atoms with Gasteiger partial charge >= 0.3 is 0 Å². The quantitative estimate of drug-likeness (QED) is 0.352. The number of pyridine rings is 3. The fourth-order valence-corrected chi connectivity index (χ4v) is 4.76. The average Bonchev–Trinajstić information content (AvgIpc) is 3.32. The minimum absolute atomic E-state index is 0.876. The van der Waals surface area contributed by atoms with E-state index in [0.29, 0.717) is 0 Å². The lowest BCUT2D eigenvalue weighted by Crippen LogP contribution is -1.96. The summed E-state index contributed by atoms with van der Waals surface area (Å²) in [5.41, 5.74) is 10.2. The summed E-state index contributed by atoms with van der Waals surface area (Å²) in [6.45, 7) is 0. The molecule has 4 heterocycles. The van der Waals surface area contributed by atoms with Crippen molar-refractivity contribution in [2.75, 3.05) is 0 Å². The molecular weight excluding hydrogens is 344 g/mol. The standard InChI is InChI=1S/C24H14N4/c1-2-6-15-14(5-1)13-18-16(15)9-10-17-21(18)22-20(8-4-11-25-22)28-23(17)27-19-7-3-12-26-24(19)28/h1-12H,13H2. The summed E-state index contributed by atoms with van der Waals surface area (Å²) in [6.07, 6.45) is 4.63. The van der Waals surface area contributed by atoms with Gasteiger partial charge in [-0.05, 0) is 59.0 Å². The van der Waals surface area contributed by atoms with Gasteiger partial charge in [0, 0.05) is 23.2 Å². The van der Waals surface area contributed by atoms with Crippen LogP contribution in [0.5, 0.6) is 0 Å². The van der Waals surface area contributed by atoms with E-state index < -0.39 is 0 Å². The third-order valence-electron chi connectivity index (χ3n) is 5.91. The molecule has 0 aliphatic heterocycles. The molecule has 0 fully saturated rings. The summed E-state index contributed by atoms with van der Waals surface area (Å²) in [6, 6.07) is 21.2. The van der Waals surface area contributed by atoms with Gasteiger partial charge in [0.2, 0.25) is 0 Å². The molecule has 7 rings (SSSR count). The smallest absolute Gasteiger partial charge is 0.165 e. The van der Waals surface area contributed by atoms with Crippen LogP contribution in [0.3, 0.4) is 0 Å². The van der Waals surface area contributed by atoms with Gasteiger partial charge < -0.3 is 0 Å². The van der Waals surface area contributed by atoms with Gasteiger partial charge in [-0.25, -0.2) is 9.97 Å². The number of benzene rings is 2. The number of hydrogen-bond donors (Lipinski definition) is 0. The predicted octanol–water partition coefficient (Wildman–Crippen LogP) is 5.16. The molecule has 0 saturated carbocycles. The first-order valence-electron chi connectivity index (χ1n) is 9.44. The van der Waals surface area contributed by atoms with Crippen molar-refractivity contribution < 1.29 is 0 Å². The number of imidazole rings is 1. The summed E-state index contributed by atoms with van der Waals surface area (Å²) in [5.74, 6) is 0. The van der Waals surface area contributed by atoms with Crippen molar-refractivity contribution in [3.05, 3.63) is 84.2 Å². The molecule has 130 valence electrons. The van der Waals surface area contributed by atoms with Gasteiger partial charge in [0.05, 0.1) is 11.0 Å². The highest BCUT2D eigenvalue weighted by molar-refractivity contribution is 6.15. The Labute approximate surface area is 160 Å². The van der Waals surface area contributed by atoms with Crippen LogP contribution in [0, 0.1) is 0 Å². The van der Waals surface area contributed by atoms with Crippen LogP contribution in [0.25, 0.3) is 49.7 Å². The van der Waals surface area contributed by atoms with Crippen molar-refractivity contribution in [1.29, 1.82) is 0 Å². The molecule has 0 N–H and O–H groups in total. The number of fused-ring (bicyclic) bond motifs is 12. The third-order valence-corrected chi connectivity index (χ3v) is 5.91. The third kappa shape index (κ3) is 1.63. The lowest BCUT2D eigenvalue weighted by atomic mass is 9.98. The van der Waals surface area contributed by atoms with Crippen molar-refractivity contribution >= 4 is 38.6 Å². The van der Waals surface area contributed by atoms with Gasteiger partial charge in [-0.2, -0.15) is 0 Å². The predicted molar refractivity (Wildman–Crippen MR) is 112 cm³/mol. The van der Waals surface area contributed by atoms with Crippen LogP contribution in [-0.4, -0.2) is 19.4 Å². The molecule has 1 aliphatic carbocycles. The van der Waals surface area contributed by atoms with Crippen LogP contribution in [-0.2, 0) is 6.42 Å². The minimum Gasteiger partial charge on any atom is -0.274 e. The Morgan fingerprint density at radius 1 is 0.750 bits per heavy atom. The SMILES string of the molecule is c1ccc2c(c1)Cc1c-2ccc2c1c1ncccc1n1c3ncccc3nc21. The van der Waals surface area contributed by atoms with E-state index in [1.165, 1.54) is 27.6 Å². The maximum atomic E-state index is 4.94. The van der Waals surface area contributed by atoms with E-state index in [1.54, 1.807) is 0 Å². The number of hydrogen-bond acceptors (Lipinski definition) is 3. The van der Waals surface area contributed by atoms with Gasteiger partial charge in [0.1, 0.15) is 11.2 Å². The van der Waals surface area contributed by atoms with Gasteiger partial charge in [-0.15, -0.1) is 0 Å². The highest BCUT2D eigenvalue weighted by Crippen LogP contribution is 2.43. The summed E-state index contributed by atoms with van der Waals surface area (Å²) >= 11 is 0. The topological polar surface area (TPSA) is 43.1 Å².